The molecule has 26 heavy (non-hydrogen) atoms. The van der Waals surface area contributed by atoms with Crippen molar-refractivity contribution in [3.05, 3.63) is 60.9 Å². The van der Waals surface area contributed by atoms with Gasteiger partial charge in [0.25, 0.3) is 0 Å². The number of amides is 1. The fourth-order valence-corrected chi connectivity index (χ4v) is 2.40. The first-order valence-corrected chi connectivity index (χ1v) is 8.54. The standard InChI is InChI=1S/C18H22N6O2/c1-15(18(25)20-8-5-10-23-11-9-19-14-23)24-12-16(21-22-24)13-26-17-6-3-2-4-7-17/h2-4,6-7,9,11-12,14-15H,5,8,10,13H2,1H3,(H,20,25)/t15-/m0/s1. The van der Waals surface area contributed by atoms with Crippen molar-refractivity contribution in [2.45, 2.75) is 32.5 Å². The van der Waals surface area contributed by atoms with Gasteiger partial charge in [-0.1, -0.05) is 23.4 Å². The Morgan fingerprint density at radius 3 is 2.92 bits per heavy atom. The van der Waals surface area contributed by atoms with Crippen molar-refractivity contribution in [2.24, 2.45) is 0 Å². The molecule has 0 radical (unpaired) electrons. The quantitative estimate of drug-likeness (QED) is 0.592. The normalized spacial score (nSPS) is 11.9. The summed E-state index contributed by atoms with van der Waals surface area (Å²) in [6.45, 7) is 3.52. The summed E-state index contributed by atoms with van der Waals surface area (Å²) in [5.74, 6) is 0.682. The minimum absolute atomic E-state index is 0.0870. The Balaban J connectivity index is 1.42. The number of para-hydroxylation sites is 1. The molecule has 0 bridgehead atoms. The Hall–Kier alpha value is -3.16. The van der Waals surface area contributed by atoms with Gasteiger partial charge in [-0.3, -0.25) is 4.79 Å². The number of benzene rings is 1. The van der Waals surface area contributed by atoms with Gasteiger partial charge in [0.2, 0.25) is 5.91 Å². The maximum atomic E-state index is 12.2. The fraction of sp³-hybridized carbons (Fsp3) is 0.333. The van der Waals surface area contributed by atoms with Gasteiger partial charge >= 0.3 is 0 Å². The van der Waals surface area contributed by atoms with Crippen LogP contribution in [0.5, 0.6) is 5.75 Å². The lowest BCUT2D eigenvalue weighted by molar-refractivity contribution is -0.124. The number of ether oxygens (including phenoxy) is 1. The molecule has 1 N–H and O–H groups in total. The number of aryl methyl sites for hydroxylation is 1. The average Bonchev–Trinajstić information content (AvgIpc) is 3.35. The summed E-state index contributed by atoms with van der Waals surface area (Å²) in [5.41, 5.74) is 0.675. The van der Waals surface area contributed by atoms with Crippen molar-refractivity contribution in [1.82, 2.24) is 29.9 Å². The molecule has 0 saturated carbocycles. The van der Waals surface area contributed by atoms with Crippen LogP contribution in [0.15, 0.2) is 55.2 Å². The van der Waals surface area contributed by atoms with E-state index in [1.807, 2.05) is 41.1 Å². The van der Waals surface area contributed by atoms with Crippen LogP contribution in [-0.2, 0) is 17.9 Å². The monoisotopic (exact) mass is 354 g/mol. The molecule has 1 atom stereocenters. The molecule has 0 spiro atoms. The highest BCUT2D eigenvalue weighted by molar-refractivity contribution is 5.79. The lowest BCUT2D eigenvalue weighted by Crippen LogP contribution is -2.32. The summed E-state index contributed by atoms with van der Waals surface area (Å²) < 4.78 is 9.17. The maximum absolute atomic E-state index is 12.2. The third-order valence-corrected chi connectivity index (χ3v) is 3.92. The summed E-state index contributed by atoms with van der Waals surface area (Å²) >= 11 is 0. The number of carbonyl (C=O) groups is 1. The summed E-state index contributed by atoms with van der Waals surface area (Å²) in [6, 6.07) is 9.07. The van der Waals surface area contributed by atoms with E-state index < -0.39 is 6.04 Å². The van der Waals surface area contributed by atoms with Crippen molar-refractivity contribution < 1.29 is 9.53 Å². The Labute approximate surface area is 151 Å². The van der Waals surface area contributed by atoms with E-state index in [0.29, 0.717) is 18.8 Å². The van der Waals surface area contributed by atoms with Crippen LogP contribution in [0.3, 0.4) is 0 Å². The minimum Gasteiger partial charge on any atom is -0.487 e. The average molecular weight is 354 g/mol. The van der Waals surface area contributed by atoms with Gasteiger partial charge in [0.1, 0.15) is 24.1 Å². The Kier molecular flexibility index (Phi) is 5.97. The van der Waals surface area contributed by atoms with Gasteiger partial charge in [0.05, 0.1) is 12.5 Å². The van der Waals surface area contributed by atoms with E-state index in [0.717, 1.165) is 18.7 Å². The summed E-state index contributed by atoms with van der Waals surface area (Å²) in [6.07, 6.45) is 7.98. The number of carbonyl (C=O) groups excluding carboxylic acids is 1. The maximum Gasteiger partial charge on any atom is 0.244 e. The topological polar surface area (TPSA) is 86.9 Å². The molecule has 0 unspecified atom stereocenters. The van der Waals surface area contributed by atoms with E-state index in [2.05, 4.69) is 20.6 Å². The SMILES string of the molecule is C[C@@H](C(=O)NCCCn1ccnc1)n1cc(COc2ccccc2)nn1. The molecule has 0 aliphatic carbocycles. The minimum atomic E-state index is -0.429. The molecule has 0 fully saturated rings. The van der Waals surface area contributed by atoms with Gasteiger partial charge in [0.15, 0.2) is 0 Å². The van der Waals surface area contributed by atoms with Crippen LogP contribution in [0, 0.1) is 0 Å². The first-order chi connectivity index (χ1) is 12.7. The van der Waals surface area contributed by atoms with E-state index in [4.69, 9.17) is 4.74 Å². The van der Waals surface area contributed by atoms with Crippen LogP contribution in [0.2, 0.25) is 0 Å². The van der Waals surface area contributed by atoms with E-state index in [9.17, 15) is 4.79 Å². The van der Waals surface area contributed by atoms with Crippen LogP contribution in [0.1, 0.15) is 25.1 Å². The third-order valence-electron chi connectivity index (χ3n) is 3.92. The van der Waals surface area contributed by atoms with Crippen LogP contribution in [0.4, 0.5) is 0 Å². The van der Waals surface area contributed by atoms with Crippen molar-refractivity contribution >= 4 is 5.91 Å². The molecule has 2 heterocycles. The molecule has 3 aromatic rings. The van der Waals surface area contributed by atoms with Gasteiger partial charge in [-0.15, -0.1) is 5.10 Å². The number of nitrogens with one attached hydrogen (secondary N) is 1. The van der Waals surface area contributed by atoms with Crippen molar-refractivity contribution in [2.75, 3.05) is 6.54 Å². The van der Waals surface area contributed by atoms with Crippen LogP contribution < -0.4 is 10.1 Å². The number of nitrogens with zero attached hydrogens (tertiary/aromatic N) is 5. The van der Waals surface area contributed by atoms with Crippen LogP contribution >= 0.6 is 0 Å². The van der Waals surface area contributed by atoms with E-state index >= 15 is 0 Å². The zero-order valence-electron chi connectivity index (χ0n) is 14.7. The molecule has 136 valence electrons. The third kappa shape index (κ3) is 4.92. The molecule has 8 nitrogen and oxygen atoms in total. The van der Waals surface area contributed by atoms with Crippen LogP contribution in [-0.4, -0.2) is 37.0 Å². The predicted octanol–water partition coefficient (Wildman–Crippen LogP) is 1.82. The lowest BCUT2D eigenvalue weighted by atomic mass is 10.3. The zero-order valence-corrected chi connectivity index (χ0v) is 14.7. The highest BCUT2D eigenvalue weighted by atomic mass is 16.5. The molecule has 1 aromatic carbocycles. The molecular formula is C18H22N6O2. The second kappa shape index (κ2) is 8.80. The predicted molar refractivity (Wildman–Crippen MR) is 95.4 cm³/mol. The smallest absolute Gasteiger partial charge is 0.244 e. The Morgan fingerprint density at radius 1 is 1.31 bits per heavy atom. The molecule has 0 aliphatic rings. The van der Waals surface area contributed by atoms with Crippen molar-refractivity contribution in [1.29, 1.82) is 0 Å². The number of hydrogen-bond acceptors (Lipinski definition) is 5. The summed E-state index contributed by atoms with van der Waals surface area (Å²) in [7, 11) is 0. The lowest BCUT2D eigenvalue weighted by Gasteiger charge is -2.12. The number of hydrogen-bond donors (Lipinski definition) is 1. The molecule has 3 rings (SSSR count). The number of imidazole rings is 1. The van der Waals surface area contributed by atoms with Crippen LogP contribution in [0.25, 0.3) is 0 Å². The fourth-order valence-electron chi connectivity index (χ4n) is 2.40. The zero-order chi connectivity index (χ0) is 18.2. The molecule has 0 aliphatic heterocycles. The molecule has 2 aromatic heterocycles. The van der Waals surface area contributed by atoms with Gasteiger partial charge in [0, 0.05) is 25.5 Å². The second-order valence-electron chi connectivity index (χ2n) is 5.91. The highest BCUT2D eigenvalue weighted by Gasteiger charge is 2.16. The second-order valence-corrected chi connectivity index (χ2v) is 5.91. The van der Waals surface area contributed by atoms with Gasteiger partial charge < -0.3 is 14.6 Å². The van der Waals surface area contributed by atoms with Gasteiger partial charge in [-0.2, -0.15) is 0 Å². The number of rotatable bonds is 9. The summed E-state index contributed by atoms with van der Waals surface area (Å²) in [5, 5.41) is 11.0. The molecular weight excluding hydrogens is 332 g/mol. The molecule has 8 heteroatoms. The number of aromatic nitrogens is 5. The van der Waals surface area contributed by atoms with Crippen molar-refractivity contribution in [3.63, 3.8) is 0 Å². The Bertz CT molecular complexity index is 800. The highest BCUT2D eigenvalue weighted by Crippen LogP contribution is 2.11. The first-order valence-electron chi connectivity index (χ1n) is 8.54. The van der Waals surface area contributed by atoms with E-state index in [1.54, 1.807) is 30.3 Å². The van der Waals surface area contributed by atoms with Gasteiger partial charge in [-0.05, 0) is 25.5 Å². The molecule has 0 saturated heterocycles. The van der Waals surface area contributed by atoms with E-state index in [1.165, 1.54) is 0 Å². The summed E-state index contributed by atoms with van der Waals surface area (Å²) in [4.78, 5) is 16.2. The molecule has 1 amide bonds. The van der Waals surface area contributed by atoms with E-state index in [-0.39, 0.29) is 5.91 Å². The Morgan fingerprint density at radius 2 is 2.15 bits per heavy atom. The largest absolute Gasteiger partial charge is 0.487 e. The first kappa shape index (κ1) is 17.7. The van der Waals surface area contributed by atoms with Crippen molar-refractivity contribution in [3.8, 4) is 5.75 Å². The van der Waals surface area contributed by atoms with Gasteiger partial charge in [-0.25, -0.2) is 9.67 Å².